The van der Waals surface area contributed by atoms with Crippen molar-refractivity contribution in [3.63, 3.8) is 0 Å². The largest absolute Gasteiger partial charge is 0.386 e. The highest BCUT2D eigenvalue weighted by atomic mass is 16.6. The molecule has 0 aliphatic rings. The molecule has 0 unspecified atom stereocenters. The third kappa shape index (κ3) is 1.20. The van der Waals surface area contributed by atoms with Crippen molar-refractivity contribution in [3.8, 4) is 0 Å². The van der Waals surface area contributed by atoms with E-state index in [1.54, 1.807) is 7.05 Å². The average molecular weight is 156 g/mol. The molecule has 0 saturated heterocycles. The van der Waals surface area contributed by atoms with Crippen LogP contribution in [0.4, 0.5) is 5.82 Å². The van der Waals surface area contributed by atoms with Gasteiger partial charge in [0.15, 0.2) is 0 Å². The van der Waals surface area contributed by atoms with E-state index in [0.29, 0.717) is 5.69 Å². The molecule has 1 rings (SSSR count). The Bertz CT molecular complexity index is 280. The zero-order chi connectivity index (χ0) is 8.43. The van der Waals surface area contributed by atoms with Gasteiger partial charge in [0.25, 0.3) is 0 Å². The zero-order valence-corrected chi connectivity index (χ0v) is 6.02. The maximum absolute atomic E-state index is 10.3. The van der Waals surface area contributed by atoms with Crippen LogP contribution in [-0.4, -0.2) is 14.5 Å². The molecule has 0 radical (unpaired) electrons. The zero-order valence-electron chi connectivity index (χ0n) is 6.02. The molecule has 0 atom stereocenters. The quantitative estimate of drug-likeness (QED) is 0.474. The van der Waals surface area contributed by atoms with Crippen LogP contribution in [0.5, 0.6) is 0 Å². The summed E-state index contributed by atoms with van der Waals surface area (Å²) in [4.78, 5) is 13.3. The van der Waals surface area contributed by atoms with Gasteiger partial charge in [0.05, 0.1) is 0 Å². The molecular weight excluding hydrogens is 148 g/mol. The summed E-state index contributed by atoms with van der Waals surface area (Å²) < 4.78 is 1.54. The van der Waals surface area contributed by atoms with Gasteiger partial charge in [-0.1, -0.05) is 0 Å². The minimum atomic E-state index is -0.539. The molecule has 0 aliphatic carbocycles. The summed E-state index contributed by atoms with van der Waals surface area (Å²) in [6.45, 7) is 0.132. The Balaban J connectivity index is 3.15. The number of hydrogen-bond acceptors (Lipinski definition) is 4. The van der Waals surface area contributed by atoms with E-state index in [0.717, 1.165) is 0 Å². The summed E-state index contributed by atoms with van der Waals surface area (Å²) in [7, 11) is 1.67. The van der Waals surface area contributed by atoms with Crippen molar-refractivity contribution in [2.75, 3.05) is 0 Å². The highest BCUT2D eigenvalue weighted by molar-refractivity contribution is 5.26. The number of nitrogens with zero attached hydrogens (tertiary/aromatic N) is 3. The minimum absolute atomic E-state index is 0.132. The van der Waals surface area contributed by atoms with E-state index in [2.05, 4.69) is 4.98 Å². The summed E-state index contributed by atoms with van der Waals surface area (Å²) >= 11 is 0. The van der Waals surface area contributed by atoms with E-state index < -0.39 is 4.92 Å². The topological polar surface area (TPSA) is 87.0 Å². The maximum Gasteiger partial charge on any atom is 0.386 e. The van der Waals surface area contributed by atoms with Crippen LogP contribution in [0.25, 0.3) is 0 Å². The van der Waals surface area contributed by atoms with Gasteiger partial charge in [-0.15, -0.1) is 0 Å². The fraction of sp³-hybridized carbons (Fsp3) is 0.400. The molecule has 6 heteroatoms. The van der Waals surface area contributed by atoms with Crippen LogP contribution in [0.2, 0.25) is 0 Å². The summed E-state index contributed by atoms with van der Waals surface area (Å²) in [5.74, 6) is -0.157. The van der Waals surface area contributed by atoms with Crippen molar-refractivity contribution < 1.29 is 4.92 Å². The average Bonchev–Trinajstić information content (AvgIpc) is 2.30. The van der Waals surface area contributed by atoms with Crippen molar-refractivity contribution in [1.82, 2.24) is 9.55 Å². The second kappa shape index (κ2) is 2.67. The second-order valence-electron chi connectivity index (χ2n) is 2.09. The van der Waals surface area contributed by atoms with Crippen molar-refractivity contribution in [3.05, 3.63) is 22.1 Å². The van der Waals surface area contributed by atoms with Gasteiger partial charge < -0.3 is 20.4 Å². The predicted octanol–water partition coefficient (Wildman–Crippen LogP) is -0.213. The number of hydrogen-bond donors (Lipinski definition) is 1. The van der Waals surface area contributed by atoms with E-state index in [-0.39, 0.29) is 12.4 Å². The van der Waals surface area contributed by atoms with Crippen molar-refractivity contribution >= 4 is 5.82 Å². The summed E-state index contributed by atoms with van der Waals surface area (Å²) in [6.07, 6.45) is 1.38. The van der Waals surface area contributed by atoms with Crippen LogP contribution >= 0.6 is 0 Å². The van der Waals surface area contributed by atoms with E-state index in [1.807, 2.05) is 0 Å². The number of nitrogens with two attached hydrogens (primary N) is 1. The van der Waals surface area contributed by atoms with Gasteiger partial charge in [-0.05, 0) is 9.91 Å². The molecule has 11 heavy (non-hydrogen) atoms. The lowest BCUT2D eigenvalue weighted by molar-refractivity contribution is -0.390. The van der Waals surface area contributed by atoms with Gasteiger partial charge >= 0.3 is 5.82 Å². The molecule has 1 heterocycles. The first-order valence-electron chi connectivity index (χ1n) is 3.01. The Kier molecular flexibility index (Phi) is 1.86. The van der Waals surface area contributed by atoms with Crippen LogP contribution in [0.15, 0.2) is 6.33 Å². The molecule has 0 amide bonds. The fourth-order valence-electron chi connectivity index (χ4n) is 0.831. The number of rotatable bonds is 2. The van der Waals surface area contributed by atoms with Crippen molar-refractivity contribution in [2.45, 2.75) is 6.54 Å². The molecule has 60 valence electrons. The third-order valence-electron chi connectivity index (χ3n) is 1.40. The molecule has 1 aromatic heterocycles. The minimum Gasteiger partial charge on any atom is -0.358 e. The lowest BCUT2D eigenvalue weighted by Gasteiger charge is -1.95. The Labute approximate surface area is 62.8 Å². The Morgan fingerprint density at radius 1 is 1.91 bits per heavy atom. The molecule has 6 nitrogen and oxygen atoms in total. The first-order valence-corrected chi connectivity index (χ1v) is 3.01. The van der Waals surface area contributed by atoms with Gasteiger partial charge in [0.1, 0.15) is 5.69 Å². The van der Waals surface area contributed by atoms with Crippen LogP contribution in [0, 0.1) is 10.1 Å². The number of aromatic nitrogens is 2. The number of imidazole rings is 1. The molecule has 0 bridgehead atoms. The normalized spacial score (nSPS) is 10.0. The molecule has 0 aliphatic heterocycles. The predicted molar refractivity (Wildman–Crippen MR) is 37.8 cm³/mol. The van der Waals surface area contributed by atoms with E-state index in [4.69, 9.17) is 5.73 Å². The Morgan fingerprint density at radius 3 is 2.91 bits per heavy atom. The number of aryl methyl sites for hydroxylation is 1. The Morgan fingerprint density at radius 2 is 2.55 bits per heavy atom. The van der Waals surface area contributed by atoms with Crippen LogP contribution in [-0.2, 0) is 13.6 Å². The molecule has 0 saturated carbocycles. The number of nitro groups is 1. The highest BCUT2D eigenvalue weighted by Crippen LogP contribution is 2.13. The lowest BCUT2D eigenvalue weighted by Crippen LogP contribution is -2.05. The summed E-state index contributed by atoms with van der Waals surface area (Å²) in [6, 6.07) is 0. The molecule has 0 aromatic carbocycles. The van der Waals surface area contributed by atoms with E-state index >= 15 is 0 Å². The van der Waals surface area contributed by atoms with E-state index in [9.17, 15) is 10.1 Å². The molecule has 0 fully saturated rings. The Hall–Kier alpha value is -1.43. The van der Waals surface area contributed by atoms with E-state index in [1.165, 1.54) is 10.9 Å². The SMILES string of the molecule is Cn1cnc([N+](=O)[O-])c1CN. The standard InChI is InChI=1S/C5H8N4O2/c1-8-3-7-5(9(10)11)4(8)2-6/h3H,2,6H2,1H3. The lowest BCUT2D eigenvalue weighted by atomic mass is 10.4. The summed E-state index contributed by atoms with van der Waals surface area (Å²) in [5.41, 5.74) is 5.71. The van der Waals surface area contributed by atoms with Crippen LogP contribution < -0.4 is 5.73 Å². The van der Waals surface area contributed by atoms with Gasteiger partial charge in [-0.3, -0.25) is 0 Å². The highest BCUT2D eigenvalue weighted by Gasteiger charge is 2.17. The third-order valence-corrected chi connectivity index (χ3v) is 1.40. The van der Waals surface area contributed by atoms with Gasteiger partial charge in [0, 0.05) is 13.6 Å². The van der Waals surface area contributed by atoms with Crippen molar-refractivity contribution in [2.24, 2.45) is 12.8 Å². The van der Waals surface area contributed by atoms with Gasteiger partial charge in [-0.2, -0.15) is 0 Å². The fourth-order valence-corrected chi connectivity index (χ4v) is 0.831. The second-order valence-corrected chi connectivity index (χ2v) is 2.09. The summed E-state index contributed by atoms with van der Waals surface area (Å²) in [5, 5.41) is 10.3. The van der Waals surface area contributed by atoms with Gasteiger partial charge in [0.2, 0.25) is 6.33 Å². The van der Waals surface area contributed by atoms with Crippen LogP contribution in [0.1, 0.15) is 5.69 Å². The van der Waals surface area contributed by atoms with Crippen molar-refractivity contribution in [1.29, 1.82) is 0 Å². The first kappa shape index (κ1) is 7.67. The molecular formula is C5H8N4O2. The monoisotopic (exact) mass is 156 g/mol. The first-order chi connectivity index (χ1) is 5.16. The molecule has 1 aromatic rings. The van der Waals surface area contributed by atoms with Gasteiger partial charge in [-0.25, -0.2) is 0 Å². The van der Waals surface area contributed by atoms with Crippen LogP contribution in [0.3, 0.4) is 0 Å². The smallest absolute Gasteiger partial charge is 0.358 e. The maximum atomic E-state index is 10.3. The molecule has 2 N–H and O–H groups in total. The molecule has 0 spiro atoms.